The molecule has 0 radical (unpaired) electrons. The first-order valence-corrected chi connectivity index (χ1v) is 5.95. The van der Waals surface area contributed by atoms with Gasteiger partial charge in [-0.1, -0.05) is 6.07 Å². The lowest BCUT2D eigenvalue weighted by Gasteiger charge is -2.15. The Labute approximate surface area is 95.5 Å². The number of carboxylic acid groups (broad SMARTS) is 1. The summed E-state index contributed by atoms with van der Waals surface area (Å²) in [4.78, 5) is 15.0. The van der Waals surface area contributed by atoms with Crippen LogP contribution in [-0.4, -0.2) is 16.1 Å². The van der Waals surface area contributed by atoms with Crippen LogP contribution in [0, 0.1) is 0 Å². The molecule has 1 aromatic heterocycles. The predicted molar refractivity (Wildman–Crippen MR) is 61.5 cm³/mol. The molecule has 3 nitrogen and oxygen atoms in total. The van der Waals surface area contributed by atoms with Crippen molar-refractivity contribution in [2.45, 2.75) is 44.9 Å². The highest BCUT2D eigenvalue weighted by Gasteiger charge is 2.10. The smallest absolute Gasteiger partial charge is 0.303 e. The Morgan fingerprint density at radius 2 is 2.12 bits per heavy atom. The number of aryl methyl sites for hydroxylation is 3. The van der Waals surface area contributed by atoms with Crippen LogP contribution in [0.4, 0.5) is 0 Å². The van der Waals surface area contributed by atoms with E-state index in [1.54, 1.807) is 0 Å². The van der Waals surface area contributed by atoms with Crippen LogP contribution in [0.25, 0.3) is 0 Å². The van der Waals surface area contributed by atoms with Crippen molar-refractivity contribution in [3.63, 3.8) is 0 Å². The minimum atomic E-state index is -0.724. The summed E-state index contributed by atoms with van der Waals surface area (Å²) < 4.78 is 0. The van der Waals surface area contributed by atoms with Crippen LogP contribution in [0.5, 0.6) is 0 Å². The summed E-state index contributed by atoms with van der Waals surface area (Å²) in [6, 6.07) is 4.21. The fourth-order valence-corrected chi connectivity index (χ4v) is 2.19. The van der Waals surface area contributed by atoms with Gasteiger partial charge < -0.3 is 5.11 Å². The molecule has 1 heterocycles. The molecule has 2 rings (SSSR count). The van der Waals surface area contributed by atoms with E-state index in [2.05, 4.69) is 11.1 Å². The fourth-order valence-electron chi connectivity index (χ4n) is 2.19. The van der Waals surface area contributed by atoms with Crippen LogP contribution >= 0.6 is 0 Å². The Balaban J connectivity index is 1.97. The lowest BCUT2D eigenvalue weighted by Crippen LogP contribution is -2.07. The quantitative estimate of drug-likeness (QED) is 0.845. The highest BCUT2D eigenvalue weighted by Crippen LogP contribution is 2.20. The SMILES string of the molecule is O=C(O)CCCc1ccc2c(n1)CCCC2. The highest BCUT2D eigenvalue weighted by molar-refractivity contribution is 5.66. The molecular weight excluding hydrogens is 202 g/mol. The van der Waals surface area contributed by atoms with Gasteiger partial charge in [-0.15, -0.1) is 0 Å². The van der Waals surface area contributed by atoms with Gasteiger partial charge in [-0.05, 0) is 50.2 Å². The van der Waals surface area contributed by atoms with Crippen molar-refractivity contribution in [1.82, 2.24) is 4.98 Å². The van der Waals surface area contributed by atoms with Gasteiger partial charge in [-0.25, -0.2) is 0 Å². The zero-order valence-corrected chi connectivity index (χ0v) is 9.41. The Hall–Kier alpha value is -1.38. The zero-order valence-electron chi connectivity index (χ0n) is 9.41. The van der Waals surface area contributed by atoms with Gasteiger partial charge in [-0.3, -0.25) is 9.78 Å². The average Bonchev–Trinajstić information content (AvgIpc) is 2.28. The predicted octanol–water partition coefficient (Wildman–Crippen LogP) is 2.37. The number of aliphatic carboxylic acids is 1. The number of pyridine rings is 1. The molecule has 0 saturated heterocycles. The van der Waals surface area contributed by atoms with E-state index in [0.29, 0.717) is 6.42 Å². The molecule has 0 atom stereocenters. The second kappa shape index (κ2) is 5.10. The maximum Gasteiger partial charge on any atom is 0.303 e. The molecule has 1 aliphatic carbocycles. The van der Waals surface area contributed by atoms with E-state index >= 15 is 0 Å². The number of fused-ring (bicyclic) bond motifs is 1. The summed E-state index contributed by atoms with van der Waals surface area (Å²) in [5.74, 6) is -0.724. The van der Waals surface area contributed by atoms with E-state index in [4.69, 9.17) is 5.11 Å². The number of rotatable bonds is 4. The van der Waals surface area contributed by atoms with Crippen LogP contribution in [0.3, 0.4) is 0 Å². The average molecular weight is 219 g/mol. The third kappa shape index (κ3) is 2.81. The molecule has 3 heteroatoms. The fraction of sp³-hybridized carbons (Fsp3) is 0.538. The standard InChI is InChI=1S/C13H17NO2/c15-13(16)7-3-5-11-9-8-10-4-1-2-6-12(10)14-11/h8-9H,1-7H2,(H,15,16). The van der Waals surface area contributed by atoms with E-state index in [1.165, 1.54) is 24.1 Å². The number of carboxylic acids is 1. The maximum atomic E-state index is 10.4. The van der Waals surface area contributed by atoms with Crippen molar-refractivity contribution >= 4 is 5.97 Å². The lowest BCUT2D eigenvalue weighted by atomic mass is 9.95. The van der Waals surface area contributed by atoms with Gasteiger partial charge >= 0.3 is 5.97 Å². The van der Waals surface area contributed by atoms with Gasteiger partial charge in [0.25, 0.3) is 0 Å². The molecule has 1 aliphatic rings. The summed E-state index contributed by atoms with van der Waals surface area (Å²) in [6.07, 6.45) is 6.44. The lowest BCUT2D eigenvalue weighted by molar-refractivity contribution is -0.137. The number of carbonyl (C=O) groups is 1. The zero-order chi connectivity index (χ0) is 11.4. The van der Waals surface area contributed by atoms with E-state index < -0.39 is 5.97 Å². The molecule has 0 saturated carbocycles. The third-order valence-electron chi connectivity index (χ3n) is 3.06. The summed E-state index contributed by atoms with van der Waals surface area (Å²) in [6.45, 7) is 0. The van der Waals surface area contributed by atoms with Gasteiger partial charge in [-0.2, -0.15) is 0 Å². The highest BCUT2D eigenvalue weighted by atomic mass is 16.4. The monoisotopic (exact) mass is 219 g/mol. The number of hydrogen-bond donors (Lipinski definition) is 1. The molecule has 0 amide bonds. The summed E-state index contributed by atoms with van der Waals surface area (Å²) in [7, 11) is 0. The Bertz CT molecular complexity index is 388. The number of hydrogen-bond acceptors (Lipinski definition) is 2. The Morgan fingerprint density at radius 3 is 2.94 bits per heavy atom. The normalized spacial score (nSPS) is 14.5. The van der Waals surface area contributed by atoms with Gasteiger partial charge in [0, 0.05) is 17.8 Å². The largest absolute Gasteiger partial charge is 0.481 e. The first-order chi connectivity index (χ1) is 7.75. The molecule has 0 fully saturated rings. The van der Waals surface area contributed by atoms with E-state index in [9.17, 15) is 4.79 Å². The van der Waals surface area contributed by atoms with Crippen molar-refractivity contribution in [2.75, 3.05) is 0 Å². The van der Waals surface area contributed by atoms with Crippen molar-refractivity contribution < 1.29 is 9.90 Å². The van der Waals surface area contributed by atoms with E-state index in [-0.39, 0.29) is 6.42 Å². The molecule has 1 aromatic rings. The van der Waals surface area contributed by atoms with Gasteiger partial charge in [0.2, 0.25) is 0 Å². The molecule has 0 unspecified atom stereocenters. The van der Waals surface area contributed by atoms with Gasteiger partial charge in [0.15, 0.2) is 0 Å². The molecular formula is C13H17NO2. The molecule has 0 bridgehead atoms. The van der Waals surface area contributed by atoms with Gasteiger partial charge in [0.1, 0.15) is 0 Å². The summed E-state index contributed by atoms with van der Waals surface area (Å²) >= 11 is 0. The van der Waals surface area contributed by atoms with E-state index in [1.807, 2.05) is 6.07 Å². The molecule has 86 valence electrons. The molecule has 16 heavy (non-hydrogen) atoms. The minimum absolute atomic E-state index is 0.235. The molecule has 1 N–H and O–H groups in total. The minimum Gasteiger partial charge on any atom is -0.481 e. The van der Waals surface area contributed by atoms with E-state index in [0.717, 1.165) is 25.0 Å². The topological polar surface area (TPSA) is 50.2 Å². The number of aromatic nitrogens is 1. The number of nitrogens with zero attached hydrogens (tertiary/aromatic N) is 1. The van der Waals surface area contributed by atoms with Crippen molar-refractivity contribution in [3.05, 3.63) is 29.1 Å². The van der Waals surface area contributed by atoms with Crippen molar-refractivity contribution in [3.8, 4) is 0 Å². The van der Waals surface area contributed by atoms with Crippen molar-refractivity contribution in [1.29, 1.82) is 0 Å². The first kappa shape index (κ1) is 11.1. The maximum absolute atomic E-state index is 10.4. The Morgan fingerprint density at radius 1 is 1.31 bits per heavy atom. The van der Waals surface area contributed by atoms with Crippen LogP contribution in [0.15, 0.2) is 12.1 Å². The molecule has 0 spiro atoms. The van der Waals surface area contributed by atoms with Crippen molar-refractivity contribution in [2.24, 2.45) is 0 Å². The Kier molecular flexibility index (Phi) is 3.54. The third-order valence-corrected chi connectivity index (χ3v) is 3.06. The van der Waals surface area contributed by atoms with Crippen LogP contribution in [0.1, 0.15) is 42.6 Å². The van der Waals surface area contributed by atoms with Crippen LogP contribution in [0.2, 0.25) is 0 Å². The van der Waals surface area contributed by atoms with Crippen LogP contribution < -0.4 is 0 Å². The van der Waals surface area contributed by atoms with Crippen LogP contribution in [-0.2, 0) is 24.1 Å². The summed E-state index contributed by atoms with van der Waals surface area (Å²) in [5, 5.41) is 8.56. The summed E-state index contributed by atoms with van der Waals surface area (Å²) in [5.41, 5.74) is 3.66. The second-order valence-corrected chi connectivity index (χ2v) is 4.36. The first-order valence-electron chi connectivity index (χ1n) is 5.95. The molecule has 0 aliphatic heterocycles. The molecule has 0 aromatic carbocycles. The second-order valence-electron chi connectivity index (χ2n) is 4.36. The van der Waals surface area contributed by atoms with Gasteiger partial charge in [0.05, 0.1) is 0 Å².